The fourth-order valence-electron chi connectivity index (χ4n) is 3.74. The van der Waals surface area contributed by atoms with Crippen molar-refractivity contribution in [3.63, 3.8) is 0 Å². The number of carbonyl (C=O) groups is 1. The third-order valence-electron chi connectivity index (χ3n) is 5.47. The van der Waals surface area contributed by atoms with E-state index in [1.54, 1.807) is 26.4 Å². The molecule has 0 atom stereocenters. The van der Waals surface area contributed by atoms with E-state index in [1.165, 1.54) is 5.56 Å². The number of amides is 1. The quantitative estimate of drug-likeness (QED) is 0.760. The van der Waals surface area contributed by atoms with Crippen LogP contribution < -0.4 is 14.8 Å². The Morgan fingerprint density at radius 1 is 1.04 bits per heavy atom. The highest BCUT2D eigenvalue weighted by molar-refractivity contribution is 5.97. The van der Waals surface area contributed by atoms with Gasteiger partial charge in [-0.15, -0.1) is 0 Å². The topological polar surface area (TPSA) is 50.8 Å². The van der Waals surface area contributed by atoms with Gasteiger partial charge in [0.1, 0.15) is 0 Å². The van der Waals surface area contributed by atoms with Gasteiger partial charge < -0.3 is 19.7 Å². The van der Waals surface area contributed by atoms with Crippen LogP contribution in [0.1, 0.15) is 28.8 Å². The number of ether oxygens (including phenoxy) is 2. The molecule has 5 heteroatoms. The van der Waals surface area contributed by atoms with Crippen molar-refractivity contribution >= 4 is 5.91 Å². The number of piperidine rings is 1. The predicted molar refractivity (Wildman–Crippen MR) is 111 cm³/mol. The molecule has 1 saturated heterocycles. The number of likely N-dealkylation sites (tertiary alicyclic amines) is 1. The number of nitrogens with zero attached hydrogens (tertiary/aromatic N) is 1. The summed E-state index contributed by atoms with van der Waals surface area (Å²) in [6.07, 6.45) is 3.33. The summed E-state index contributed by atoms with van der Waals surface area (Å²) in [5, 5.41) is 3.07. The lowest BCUT2D eigenvalue weighted by atomic mass is 9.96. The second-order valence-corrected chi connectivity index (χ2v) is 7.27. The number of para-hydroxylation sites is 1. The molecule has 0 unspecified atom stereocenters. The number of carbonyl (C=O) groups excluding carboxylic acids is 1. The highest BCUT2D eigenvalue weighted by atomic mass is 16.5. The first-order valence-electron chi connectivity index (χ1n) is 9.96. The zero-order valence-corrected chi connectivity index (χ0v) is 16.8. The molecule has 1 amide bonds. The van der Waals surface area contributed by atoms with E-state index in [4.69, 9.17) is 9.47 Å². The molecule has 1 N–H and O–H groups in total. The van der Waals surface area contributed by atoms with Crippen LogP contribution in [-0.4, -0.2) is 51.2 Å². The molecule has 1 heterocycles. The molecule has 0 spiro atoms. The second-order valence-electron chi connectivity index (χ2n) is 7.27. The second kappa shape index (κ2) is 10.1. The number of rotatable bonds is 8. The van der Waals surface area contributed by atoms with Crippen molar-refractivity contribution in [2.24, 2.45) is 5.92 Å². The van der Waals surface area contributed by atoms with E-state index in [0.717, 1.165) is 38.9 Å². The van der Waals surface area contributed by atoms with Crippen LogP contribution >= 0.6 is 0 Å². The Morgan fingerprint density at radius 2 is 1.79 bits per heavy atom. The maximum Gasteiger partial charge on any atom is 0.255 e. The first-order valence-corrected chi connectivity index (χ1v) is 9.96. The molecule has 28 heavy (non-hydrogen) atoms. The molecule has 0 bridgehead atoms. The fourth-order valence-corrected chi connectivity index (χ4v) is 3.74. The summed E-state index contributed by atoms with van der Waals surface area (Å²) in [5.74, 6) is 1.47. The largest absolute Gasteiger partial charge is 0.493 e. The summed E-state index contributed by atoms with van der Waals surface area (Å²) < 4.78 is 10.6. The Hall–Kier alpha value is -2.53. The Bertz CT molecular complexity index is 756. The zero-order valence-electron chi connectivity index (χ0n) is 16.8. The Kier molecular flexibility index (Phi) is 7.31. The van der Waals surface area contributed by atoms with Crippen LogP contribution in [0.15, 0.2) is 48.5 Å². The summed E-state index contributed by atoms with van der Waals surface area (Å²) in [7, 11) is 3.13. The molecular formula is C23H30N2O3. The van der Waals surface area contributed by atoms with Crippen molar-refractivity contribution in [2.45, 2.75) is 19.3 Å². The van der Waals surface area contributed by atoms with Crippen molar-refractivity contribution in [2.75, 3.05) is 40.4 Å². The van der Waals surface area contributed by atoms with Crippen LogP contribution in [0.3, 0.4) is 0 Å². The van der Waals surface area contributed by atoms with Crippen molar-refractivity contribution in [1.82, 2.24) is 10.2 Å². The minimum Gasteiger partial charge on any atom is -0.493 e. The van der Waals surface area contributed by atoms with Crippen molar-refractivity contribution in [1.29, 1.82) is 0 Å². The van der Waals surface area contributed by atoms with Crippen LogP contribution in [-0.2, 0) is 6.42 Å². The normalized spacial score (nSPS) is 15.2. The van der Waals surface area contributed by atoms with Gasteiger partial charge in [0.25, 0.3) is 5.91 Å². The van der Waals surface area contributed by atoms with Gasteiger partial charge in [0.15, 0.2) is 11.5 Å². The highest BCUT2D eigenvalue weighted by Crippen LogP contribution is 2.30. The monoisotopic (exact) mass is 382 g/mol. The van der Waals surface area contributed by atoms with Crippen molar-refractivity contribution in [3.8, 4) is 11.5 Å². The average molecular weight is 383 g/mol. The lowest BCUT2D eigenvalue weighted by Crippen LogP contribution is -2.39. The number of methoxy groups -OCH3 is 2. The van der Waals surface area contributed by atoms with Crippen molar-refractivity contribution in [3.05, 3.63) is 59.7 Å². The van der Waals surface area contributed by atoms with Crippen LogP contribution in [0.4, 0.5) is 0 Å². The van der Waals surface area contributed by atoms with E-state index >= 15 is 0 Å². The molecule has 1 aliphatic rings. The number of hydrogen-bond donors (Lipinski definition) is 1. The van der Waals surface area contributed by atoms with Gasteiger partial charge in [0.05, 0.1) is 19.8 Å². The molecule has 150 valence electrons. The Morgan fingerprint density at radius 3 is 2.46 bits per heavy atom. The van der Waals surface area contributed by atoms with Crippen LogP contribution in [0.2, 0.25) is 0 Å². The molecule has 3 rings (SSSR count). The van der Waals surface area contributed by atoms with Gasteiger partial charge in [-0.25, -0.2) is 0 Å². The third kappa shape index (κ3) is 5.26. The molecule has 5 nitrogen and oxygen atoms in total. The molecule has 1 aliphatic heterocycles. The number of benzene rings is 2. The summed E-state index contributed by atoms with van der Waals surface area (Å²) >= 11 is 0. The highest BCUT2D eigenvalue weighted by Gasteiger charge is 2.21. The smallest absolute Gasteiger partial charge is 0.255 e. The predicted octanol–water partition coefficient (Wildman–Crippen LogP) is 3.39. The zero-order chi connectivity index (χ0) is 19.8. The van der Waals surface area contributed by atoms with E-state index in [0.29, 0.717) is 29.5 Å². The molecular weight excluding hydrogens is 352 g/mol. The number of nitrogens with one attached hydrogen (secondary N) is 1. The molecule has 2 aromatic carbocycles. The standard InChI is InChI=1S/C23H30N2O3/c1-27-21-10-6-9-20(22(21)28-2)23(26)24-17-19-12-15-25(16-13-19)14-11-18-7-4-3-5-8-18/h3-10,19H,11-17H2,1-2H3,(H,24,26). The Labute approximate surface area is 167 Å². The summed E-state index contributed by atoms with van der Waals surface area (Å²) in [5.41, 5.74) is 1.91. The van der Waals surface area contributed by atoms with E-state index in [-0.39, 0.29) is 5.91 Å². The van der Waals surface area contributed by atoms with Crippen molar-refractivity contribution < 1.29 is 14.3 Å². The lowest BCUT2D eigenvalue weighted by molar-refractivity contribution is 0.0932. The average Bonchev–Trinajstić information content (AvgIpc) is 2.76. The van der Waals surface area contributed by atoms with Gasteiger partial charge in [-0.1, -0.05) is 36.4 Å². The van der Waals surface area contributed by atoms with Crippen LogP contribution in [0, 0.1) is 5.92 Å². The summed E-state index contributed by atoms with van der Waals surface area (Å²) in [6, 6.07) is 16.0. The molecule has 1 fully saturated rings. The van der Waals surface area contributed by atoms with E-state index in [1.807, 2.05) is 6.07 Å². The maximum atomic E-state index is 12.6. The minimum atomic E-state index is -0.109. The first-order chi connectivity index (χ1) is 13.7. The van der Waals surface area contributed by atoms with E-state index in [9.17, 15) is 4.79 Å². The van der Waals surface area contributed by atoms with Gasteiger partial charge in [-0.3, -0.25) is 4.79 Å². The third-order valence-corrected chi connectivity index (χ3v) is 5.47. The summed E-state index contributed by atoms with van der Waals surface area (Å²) in [6.45, 7) is 3.99. The van der Waals surface area contributed by atoms with Gasteiger partial charge in [0.2, 0.25) is 0 Å². The van der Waals surface area contributed by atoms with E-state index in [2.05, 4.69) is 40.5 Å². The minimum absolute atomic E-state index is 0.109. The van der Waals surface area contributed by atoms with Gasteiger partial charge in [-0.05, 0) is 56.0 Å². The van der Waals surface area contributed by atoms with Gasteiger partial charge in [0, 0.05) is 13.1 Å². The fraction of sp³-hybridized carbons (Fsp3) is 0.435. The lowest BCUT2D eigenvalue weighted by Gasteiger charge is -2.32. The molecule has 0 aliphatic carbocycles. The van der Waals surface area contributed by atoms with Crippen LogP contribution in [0.25, 0.3) is 0 Å². The molecule has 0 saturated carbocycles. The number of hydrogen-bond acceptors (Lipinski definition) is 4. The van der Waals surface area contributed by atoms with Gasteiger partial charge >= 0.3 is 0 Å². The first kappa shape index (κ1) is 20.2. The SMILES string of the molecule is COc1cccc(C(=O)NCC2CCN(CCc3ccccc3)CC2)c1OC. The molecule has 0 radical (unpaired) electrons. The maximum absolute atomic E-state index is 12.6. The summed E-state index contributed by atoms with van der Waals surface area (Å²) in [4.78, 5) is 15.1. The molecule has 2 aromatic rings. The Balaban J connectivity index is 1.43. The van der Waals surface area contributed by atoms with Crippen LogP contribution in [0.5, 0.6) is 11.5 Å². The van der Waals surface area contributed by atoms with E-state index < -0.39 is 0 Å². The van der Waals surface area contributed by atoms with Gasteiger partial charge in [-0.2, -0.15) is 0 Å². The molecule has 0 aromatic heterocycles.